The van der Waals surface area contributed by atoms with Crippen LogP contribution in [0.3, 0.4) is 0 Å². The summed E-state index contributed by atoms with van der Waals surface area (Å²) >= 11 is 0. The molecule has 4 fully saturated rings. The van der Waals surface area contributed by atoms with Crippen molar-refractivity contribution in [2.45, 2.75) is 110 Å². The fourth-order valence-corrected chi connectivity index (χ4v) is 11.0. The number of aliphatic hydroxyl groups excluding tert-OH is 1. The summed E-state index contributed by atoms with van der Waals surface area (Å²) in [5, 5.41) is 25.0. The summed E-state index contributed by atoms with van der Waals surface area (Å²) in [6, 6.07) is 17.9. The molecule has 0 radical (unpaired) electrons. The number of aliphatic hydroxyl groups is 1. The molecule has 63 heavy (non-hydrogen) atoms. The number of aryl methyl sites for hydroxylation is 2. The van der Waals surface area contributed by atoms with E-state index in [2.05, 4.69) is 54.2 Å². The maximum absolute atomic E-state index is 13.6. The molecular formula is C49H58N6O8. The number of benzene rings is 3. The van der Waals surface area contributed by atoms with Crippen molar-refractivity contribution in [1.82, 2.24) is 20.4 Å². The molecule has 3 aromatic rings. The van der Waals surface area contributed by atoms with Gasteiger partial charge in [0.05, 0.1) is 29.4 Å². The maximum atomic E-state index is 13.6. The van der Waals surface area contributed by atoms with Gasteiger partial charge in [0.25, 0.3) is 17.7 Å². The molecule has 14 heteroatoms. The summed E-state index contributed by atoms with van der Waals surface area (Å²) in [6.45, 7) is 15.6. The smallest absolute Gasteiger partial charge is 0.262 e. The Balaban J connectivity index is 0.795. The van der Waals surface area contributed by atoms with Crippen LogP contribution in [0.5, 0.6) is 11.5 Å². The molecule has 0 aromatic heterocycles. The number of amides is 5. The van der Waals surface area contributed by atoms with E-state index in [1.165, 1.54) is 0 Å². The third kappa shape index (κ3) is 8.29. The summed E-state index contributed by atoms with van der Waals surface area (Å²) in [6.07, 6.45) is 3.50. The van der Waals surface area contributed by atoms with Crippen molar-refractivity contribution in [3.05, 3.63) is 88.0 Å². The highest BCUT2D eigenvalue weighted by Gasteiger charge is 2.64. The Bertz CT molecular complexity index is 2320. The first-order valence-electron chi connectivity index (χ1n) is 22.2. The van der Waals surface area contributed by atoms with Gasteiger partial charge in [-0.25, -0.2) is 0 Å². The van der Waals surface area contributed by atoms with E-state index in [4.69, 9.17) is 9.47 Å². The van der Waals surface area contributed by atoms with Crippen LogP contribution in [0, 0.1) is 41.9 Å². The van der Waals surface area contributed by atoms with Crippen molar-refractivity contribution in [2.24, 2.45) is 16.7 Å². The van der Waals surface area contributed by atoms with Gasteiger partial charge in [-0.15, -0.1) is 0 Å². The van der Waals surface area contributed by atoms with E-state index in [1.54, 1.807) is 18.2 Å². The molecule has 2 saturated carbocycles. The molecule has 3 heterocycles. The number of rotatable bonds is 13. The number of hydrogen-bond donors (Lipinski definition) is 3. The summed E-state index contributed by atoms with van der Waals surface area (Å²) in [4.78, 5) is 69.7. The number of nitriles is 1. The number of carbonyl (C=O) groups excluding carboxylic acids is 5. The van der Waals surface area contributed by atoms with Gasteiger partial charge in [-0.05, 0) is 105 Å². The predicted molar refractivity (Wildman–Crippen MR) is 234 cm³/mol. The second-order valence-corrected chi connectivity index (χ2v) is 19.3. The first-order valence-corrected chi connectivity index (χ1v) is 22.2. The Kier molecular flexibility index (Phi) is 11.9. The standard InChI is InChI=1S/C49H58N6O8/c1-28-21-35(22-29(2)39(28)26-50)63-47-48(3,4)46(49(47,5)6)52-42(58)31-7-9-32(10-8-31)53-17-15-30(16-18-53)27-54(19-20-56)33-23-36(24-33)62-34-11-12-37-38(25-34)45(61)55(44(37)60)40-13-14-41(57)51-43(40)59/h7-12,21-22,25,30,33,36,40,46-47,56H,13-20,23-24,27H2,1-6H3,(H,52,58)(H,51,57,59)/t33?,36?,40-,46?,47?/m1/s1. The Labute approximate surface area is 368 Å². The van der Waals surface area contributed by atoms with Crippen LogP contribution < -0.4 is 25.0 Å². The van der Waals surface area contributed by atoms with Gasteiger partial charge in [0.15, 0.2) is 0 Å². The minimum absolute atomic E-state index is 0.0619. The van der Waals surface area contributed by atoms with Crippen molar-refractivity contribution < 1.29 is 38.6 Å². The highest BCUT2D eigenvalue weighted by atomic mass is 16.5. The molecule has 1 atom stereocenters. The van der Waals surface area contributed by atoms with Gasteiger partial charge in [0, 0.05) is 79.6 Å². The quantitative estimate of drug-likeness (QED) is 0.190. The molecule has 332 valence electrons. The molecule has 14 nitrogen and oxygen atoms in total. The molecule has 0 spiro atoms. The second kappa shape index (κ2) is 17.1. The number of hydrogen-bond acceptors (Lipinski definition) is 11. The Hall–Kier alpha value is -5.78. The second-order valence-electron chi connectivity index (χ2n) is 19.3. The molecule has 8 rings (SSSR count). The van der Waals surface area contributed by atoms with Gasteiger partial charge in [-0.3, -0.25) is 39.1 Å². The Morgan fingerprint density at radius 3 is 2.16 bits per heavy atom. The van der Waals surface area contributed by atoms with Crippen LogP contribution in [0.2, 0.25) is 0 Å². The third-order valence-corrected chi connectivity index (χ3v) is 14.3. The van der Waals surface area contributed by atoms with E-state index in [0.717, 1.165) is 72.8 Å². The van der Waals surface area contributed by atoms with Crippen LogP contribution in [0.15, 0.2) is 54.6 Å². The van der Waals surface area contributed by atoms with Gasteiger partial charge in [0.1, 0.15) is 29.7 Å². The lowest BCUT2D eigenvalue weighted by Crippen LogP contribution is -2.74. The van der Waals surface area contributed by atoms with E-state index in [9.17, 15) is 34.3 Å². The summed E-state index contributed by atoms with van der Waals surface area (Å²) in [7, 11) is 0. The number of nitrogens with one attached hydrogen (secondary N) is 2. The van der Waals surface area contributed by atoms with Gasteiger partial charge >= 0.3 is 0 Å². The number of ether oxygens (including phenoxy) is 2. The highest BCUT2D eigenvalue weighted by molar-refractivity contribution is 6.23. The molecular weight excluding hydrogens is 801 g/mol. The molecule has 0 bridgehead atoms. The van der Waals surface area contributed by atoms with E-state index in [1.807, 2.05) is 50.2 Å². The van der Waals surface area contributed by atoms with Crippen LogP contribution in [0.1, 0.15) is 114 Å². The van der Waals surface area contributed by atoms with Crippen LogP contribution in [-0.4, -0.2) is 108 Å². The van der Waals surface area contributed by atoms with Crippen LogP contribution in [0.25, 0.3) is 0 Å². The van der Waals surface area contributed by atoms with E-state index < -0.39 is 29.7 Å². The number of anilines is 1. The number of piperidine rings is 2. The molecule has 3 N–H and O–H groups in total. The van der Waals surface area contributed by atoms with Gasteiger partial charge in [-0.1, -0.05) is 27.7 Å². The highest BCUT2D eigenvalue weighted by Crippen LogP contribution is 2.55. The monoisotopic (exact) mass is 858 g/mol. The molecule has 5 aliphatic rings. The fourth-order valence-electron chi connectivity index (χ4n) is 11.0. The van der Waals surface area contributed by atoms with Gasteiger partial charge < -0.3 is 24.8 Å². The zero-order chi connectivity index (χ0) is 45.0. The van der Waals surface area contributed by atoms with E-state index >= 15 is 0 Å². The number of nitrogens with zero attached hydrogens (tertiary/aromatic N) is 4. The largest absolute Gasteiger partial charge is 0.490 e. The van der Waals surface area contributed by atoms with Crippen LogP contribution >= 0.6 is 0 Å². The lowest BCUT2D eigenvalue weighted by Gasteiger charge is -2.63. The van der Waals surface area contributed by atoms with Gasteiger partial charge in [-0.2, -0.15) is 5.26 Å². The Morgan fingerprint density at radius 1 is 0.889 bits per heavy atom. The third-order valence-electron chi connectivity index (χ3n) is 14.3. The molecule has 5 amide bonds. The van der Waals surface area contributed by atoms with Crippen molar-refractivity contribution in [1.29, 1.82) is 5.26 Å². The topological polar surface area (TPSA) is 182 Å². The SMILES string of the molecule is Cc1cc(OC2C(C)(C)C(NC(=O)c3ccc(N4CCC(CN(CCO)C5CC(Oc6ccc7c(c6)C(=O)N([C@@H]6CCC(=O)NC6=O)C7=O)C5)CC4)cc3)C2(C)C)cc(C)c1C#N. The van der Waals surface area contributed by atoms with E-state index in [0.29, 0.717) is 29.3 Å². The van der Waals surface area contributed by atoms with Crippen molar-refractivity contribution >= 4 is 35.2 Å². The summed E-state index contributed by atoms with van der Waals surface area (Å²) in [5.74, 6) is -0.593. The molecule has 0 unspecified atom stereocenters. The lowest BCUT2D eigenvalue weighted by molar-refractivity contribution is -0.164. The average molecular weight is 859 g/mol. The normalized spacial score (nSPS) is 25.2. The van der Waals surface area contributed by atoms with Crippen molar-refractivity contribution in [3.63, 3.8) is 0 Å². The van der Waals surface area contributed by atoms with Crippen molar-refractivity contribution in [3.8, 4) is 17.6 Å². The first-order chi connectivity index (χ1) is 30.0. The van der Waals surface area contributed by atoms with Gasteiger partial charge in [0.2, 0.25) is 11.8 Å². The lowest BCUT2D eigenvalue weighted by atomic mass is 9.49. The number of fused-ring (bicyclic) bond motifs is 1. The predicted octanol–water partition coefficient (Wildman–Crippen LogP) is 5.31. The minimum atomic E-state index is -1.02. The first kappa shape index (κ1) is 43.9. The number of imide groups is 2. The number of carbonyl (C=O) groups is 5. The van der Waals surface area contributed by atoms with E-state index in [-0.39, 0.29) is 71.6 Å². The Morgan fingerprint density at radius 2 is 1.54 bits per heavy atom. The maximum Gasteiger partial charge on any atom is 0.262 e. The zero-order valence-corrected chi connectivity index (χ0v) is 37.0. The molecule has 2 aliphatic carbocycles. The fraction of sp³-hybridized carbons (Fsp3) is 0.510. The summed E-state index contributed by atoms with van der Waals surface area (Å²) < 4.78 is 12.8. The van der Waals surface area contributed by atoms with Crippen LogP contribution in [-0.2, 0) is 9.59 Å². The molecule has 2 saturated heterocycles. The van der Waals surface area contributed by atoms with Crippen LogP contribution in [0.4, 0.5) is 5.69 Å². The summed E-state index contributed by atoms with van der Waals surface area (Å²) in [5.41, 5.74) is 3.89. The average Bonchev–Trinajstić information content (AvgIpc) is 3.47. The molecule has 3 aliphatic heterocycles. The minimum Gasteiger partial charge on any atom is -0.490 e. The molecule has 3 aromatic carbocycles. The van der Waals surface area contributed by atoms with Crippen molar-refractivity contribution in [2.75, 3.05) is 37.7 Å². The zero-order valence-electron chi connectivity index (χ0n) is 37.0.